The van der Waals surface area contributed by atoms with E-state index in [0.29, 0.717) is 27.6 Å². The van der Waals surface area contributed by atoms with Crippen molar-refractivity contribution in [2.45, 2.75) is 37.8 Å². The van der Waals surface area contributed by atoms with Crippen LogP contribution in [0.25, 0.3) is 0 Å². The molecule has 5 heteroatoms. The van der Waals surface area contributed by atoms with E-state index in [9.17, 15) is 4.79 Å². The molecule has 2 aromatic carbocycles. The Balaban J connectivity index is 1.59. The lowest BCUT2D eigenvalue weighted by atomic mass is 9.78. The zero-order valence-corrected chi connectivity index (χ0v) is 17.3. The molecule has 1 aliphatic rings. The monoisotopic (exact) mass is 404 g/mol. The minimum atomic E-state index is -0.0794. The first-order chi connectivity index (χ1) is 13.0. The van der Waals surface area contributed by atoms with Crippen LogP contribution in [0.15, 0.2) is 48.5 Å². The topological polar surface area (TPSA) is 32.3 Å². The maximum Gasteiger partial charge on any atom is 0.251 e. The lowest BCUT2D eigenvalue weighted by molar-refractivity contribution is 0.0907. The van der Waals surface area contributed by atoms with Gasteiger partial charge in [0.25, 0.3) is 5.91 Å². The molecule has 1 amide bonds. The van der Waals surface area contributed by atoms with Gasteiger partial charge in [0.15, 0.2) is 0 Å². The fraction of sp³-hybridized carbons (Fsp3) is 0.409. The summed E-state index contributed by atoms with van der Waals surface area (Å²) in [7, 11) is 4.30. The fourth-order valence-electron chi connectivity index (χ4n) is 4.13. The first kappa shape index (κ1) is 20.2. The van der Waals surface area contributed by atoms with E-state index in [1.807, 2.05) is 0 Å². The summed E-state index contributed by atoms with van der Waals surface area (Å²) in [5.74, 6) is 0.518. The van der Waals surface area contributed by atoms with Crippen molar-refractivity contribution < 1.29 is 4.79 Å². The standard InChI is InChI=1S/C22H26Cl2N2O/c1-26(2)21(15-6-4-3-5-7-15)16-8-11-18(12-9-16)25-22(27)17-10-13-19(23)20(24)14-17/h3-7,10,13-14,16,18,21H,8-9,11-12H2,1-2H3,(H,25,27). The number of carbonyl (C=O) groups excluding carboxylic acids is 1. The molecule has 144 valence electrons. The van der Waals surface area contributed by atoms with E-state index in [-0.39, 0.29) is 11.9 Å². The summed E-state index contributed by atoms with van der Waals surface area (Å²) in [5, 5.41) is 4.03. The van der Waals surface area contributed by atoms with E-state index in [4.69, 9.17) is 23.2 Å². The summed E-state index contributed by atoms with van der Waals surface area (Å²) in [4.78, 5) is 14.8. The molecular weight excluding hydrogens is 379 g/mol. The molecule has 0 aliphatic heterocycles. The van der Waals surface area contributed by atoms with E-state index in [0.717, 1.165) is 25.7 Å². The van der Waals surface area contributed by atoms with Crippen LogP contribution in [0.2, 0.25) is 10.0 Å². The van der Waals surface area contributed by atoms with Gasteiger partial charge in [0.2, 0.25) is 0 Å². The van der Waals surface area contributed by atoms with Gasteiger partial charge in [0.05, 0.1) is 10.0 Å². The molecule has 0 heterocycles. The van der Waals surface area contributed by atoms with Gasteiger partial charge in [-0.05, 0) is 69.5 Å². The molecule has 1 fully saturated rings. The van der Waals surface area contributed by atoms with Crippen LogP contribution in [0.4, 0.5) is 0 Å². The smallest absolute Gasteiger partial charge is 0.251 e. The third-order valence-electron chi connectivity index (χ3n) is 5.43. The minimum Gasteiger partial charge on any atom is -0.349 e. The predicted molar refractivity (Wildman–Crippen MR) is 113 cm³/mol. The Morgan fingerprint density at radius 1 is 1.00 bits per heavy atom. The second-order valence-electron chi connectivity index (χ2n) is 7.53. The Labute approximate surface area is 171 Å². The van der Waals surface area contributed by atoms with Gasteiger partial charge in [-0.1, -0.05) is 53.5 Å². The van der Waals surface area contributed by atoms with Crippen molar-refractivity contribution in [2.24, 2.45) is 5.92 Å². The number of carbonyl (C=O) groups is 1. The van der Waals surface area contributed by atoms with Crippen molar-refractivity contribution in [3.63, 3.8) is 0 Å². The van der Waals surface area contributed by atoms with Crippen molar-refractivity contribution in [1.29, 1.82) is 0 Å². The molecule has 2 aromatic rings. The first-order valence-electron chi connectivity index (χ1n) is 9.43. The van der Waals surface area contributed by atoms with Crippen LogP contribution in [0.3, 0.4) is 0 Å². The molecule has 1 saturated carbocycles. The summed E-state index contributed by atoms with van der Waals surface area (Å²) < 4.78 is 0. The number of rotatable bonds is 5. The molecule has 3 rings (SSSR count). The molecule has 0 spiro atoms. The van der Waals surface area contributed by atoms with Gasteiger partial charge in [-0.15, -0.1) is 0 Å². The van der Waals surface area contributed by atoms with Gasteiger partial charge >= 0.3 is 0 Å². The molecule has 1 aliphatic carbocycles. The van der Waals surface area contributed by atoms with Crippen molar-refractivity contribution in [2.75, 3.05) is 14.1 Å². The third kappa shape index (κ3) is 5.04. The van der Waals surface area contributed by atoms with E-state index in [1.165, 1.54) is 5.56 Å². The number of hydrogen-bond donors (Lipinski definition) is 1. The highest BCUT2D eigenvalue weighted by Crippen LogP contribution is 2.37. The van der Waals surface area contributed by atoms with Gasteiger partial charge in [0.1, 0.15) is 0 Å². The van der Waals surface area contributed by atoms with E-state index < -0.39 is 0 Å². The third-order valence-corrected chi connectivity index (χ3v) is 6.17. The summed E-state index contributed by atoms with van der Waals surface area (Å²) >= 11 is 12.0. The van der Waals surface area contributed by atoms with Crippen molar-refractivity contribution in [3.05, 3.63) is 69.7 Å². The summed E-state index contributed by atoms with van der Waals surface area (Å²) in [5.41, 5.74) is 1.92. The van der Waals surface area contributed by atoms with Gasteiger partial charge in [-0.2, -0.15) is 0 Å². The number of amides is 1. The molecule has 1 atom stereocenters. The number of nitrogens with one attached hydrogen (secondary N) is 1. The van der Waals surface area contributed by atoms with Gasteiger partial charge < -0.3 is 10.2 Å². The lowest BCUT2D eigenvalue weighted by Crippen LogP contribution is -2.39. The molecule has 3 nitrogen and oxygen atoms in total. The second-order valence-corrected chi connectivity index (χ2v) is 8.35. The van der Waals surface area contributed by atoms with Crippen molar-refractivity contribution in [1.82, 2.24) is 10.2 Å². The molecule has 0 radical (unpaired) electrons. The van der Waals surface area contributed by atoms with E-state index >= 15 is 0 Å². The Kier molecular flexibility index (Phi) is 6.80. The average Bonchev–Trinajstić information content (AvgIpc) is 2.66. The fourth-order valence-corrected chi connectivity index (χ4v) is 4.43. The summed E-state index contributed by atoms with van der Waals surface area (Å²) in [6.45, 7) is 0. The maximum absolute atomic E-state index is 12.5. The quantitative estimate of drug-likeness (QED) is 0.704. The number of halogens is 2. The van der Waals surface area contributed by atoms with Crippen LogP contribution in [0, 0.1) is 5.92 Å². The Bertz CT molecular complexity index is 771. The Morgan fingerprint density at radius 2 is 1.67 bits per heavy atom. The SMILES string of the molecule is CN(C)C(c1ccccc1)C1CCC(NC(=O)c2ccc(Cl)c(Cl)c2)CC1. The van der Waals surface area contributed by atoms with E-state index in [1.54, 1.807) is 18.2 Å². The van der Waals surface area contributed by atoms with Crippen LogP contribution >= 0.6 is 23.2 Å². The summed E-state index contributed by atoms with van der Waals surface area (Å²) in [6, 6.07) is 16.3. The molecule has 1 N–H and O–H groups in total. The lowest BCUT2D eigenvalue weighted by Gasteiger charge is -2.37. The van der Waals surface area contributed by atoms with Crippen LogP contribution in [0.5, 0.6) is 0 Å². The normalized spacial score (nSPS) is 21.1. The van der Waals surface area contributed by atoms with Crippen molar-refractivity contribution in [3.8, 4) is 0 Å². The first-order valence-corrected chi connectivity index (χ1v) is 10.2. The van der Waals surface area contributed by atoms with Gasteiger partial charge in [-0.3, -0.25) is 4.79 Å². The van der Waals surface area contributed by atoms with Gasteiger partial charge in [-0.25, -0.2) is 0 Å². The average molecular weight is 405 g/mol. The maximum atomic E-state index is 12.5. The summed E-state index contributed by atoms with van der Waals surface area (Å²) in [6.07, 6.45) is 4.19. The highest BCUT2D eigenvalue weighted by Gasteiger charge is 2.30. The van der Waals surface area contributed by atoms with Crippen LogP contribution < -0.4 is 5.32 Å². The molecule has 0 bridgehead atoms. The zero-order chi connectivity index (χ0) is 19.4. The molecular formula is C22H26Cl2N2O. The van der Waals surface area contributed by atoms with Crippen LogP contribution in [-0.4, -0.2) is 30.9 Å². The van der Waals surface area contributed by atoms with Gasteiger partial charge in [0, 0.05) is 17.6 Å². The Hall–Kier alpha value is -1.55. The molecule has 0 saturated heterocycles. The molecule has 0 aromatic heterocycles. The minimum absolute atomic E-state index is 0.0794. The van der Waals surface area contributed by atoms with Crippen LogP contribution in [-0.2, 0) is 0 Å². The largest absolute Gasteiger partial charge is 0.349 e. The highest BCUT2D eigenvalue weighted by atomic mass is 35.5. The number of benzene rings is 2. The zero-order valence-electron chi connectivity index (χ0n) is 15.8. The second kappa shape index (κ2) is 9.09. The van der Waals surface area contributed by atoms with Crippen molar-refractivity contribution >= 4 is 29.1 Å². The number of nitrogens with zero attached hydrogens (tertiary/aromatic N) is 1. The highest BCUT2D eigenvalue weighted by molar-refractivity contribution is 6.42. The Morgan fingerprint density at radius 3 is 2.26 bits per heavy atom. The predicted octanol–water partition coefficient (Wildman–Crippen LogP) is 5.58. The van der Waals surface area contributed by atoms with E-state index in [2.05, 4.69) is 54.6 Å². The number of hydrogen-bond acceptors (Lipinski definition) is 2. The molecule has 27 heavy (non-hydrogen) atoms. The molecule has 1 unspecified atom stereocenters. The van der Waals surface area contributed by atoms with Crippen LogP contribution in [0.1, 0.15) is 47.6 Å².